The van der Waals surface area contributed by atoms with Crippen molar-refractivity contribution in [2.45, 2.75) is 5.33 Å². The number of aryl methyl sites for hydroxylation is 1. The van der Waals surface area contributed by atoms with Crippen LogP contribution < -0.4 is 0 Å². The molecule has 0 radical (unpaired) electrons. The molecule has 0 saturated carbocycles. The number of alkyl halides is 1. The van der Waals surface area contributed by atoms with Crippen LogP contribution in [0.4, 0.5) is 4.39 Å². The van der Waals surface area contributed by atoms with Crippen LogP contribution in [0.2, 0.25) is 0 Å². The molecule has 2 aromatic heterocycles. The molecule has 5 nitrogen and oxygen atoms in total. The Balaban J connectivity index is 2.37. The summed E-state index contributed by atoms with van der Waals surface area (Å²) in [5.74, 6) is -1.06. The van der Waals surface area contributed by atoms with Crippen LogP contribution in [0.15, 0.2) is 30.6 Å². The smallest absolute Gasteiger partial charge is 0.356 e. The van der Waals surface area contributed by atoms with Gasteiger partial charge in [-0.05, 0) is 11.6 Å². The molecular weight excluding hydrogens is 365 g/mol. The molecule has 2 heterocycles. The highest BCUT2D eigenvalue weighted by molar-refractivity contribution is 9.08. The fourth-order valence-corrected chi connectivity index (χ4v) is 2.84. The van der Waals surface area contributed by atoms with E-state index in [0.29, 0.717) is 21.8 Å². The third-order valence-corrected chi connectivity index (χ3v) is 4.16. The van der Waals surface area contributed by atoms with Crippen LogP contribution in [0.25, 0.3) is 22.0 Å². The first kappa shape index (κ1) is 15.6. The minimum Gasteiger partial charge on any atom is -0.464 e. The van der Waals surface area contributed by atoms with Gasteiger partial charge in [0.05, 0.1) is 13.3 Å². The zero-order valence-electron chi connectivity index (χ0n) is 12.5. The molecule has 0 unspecified atom stereocenters. The minimum absolute atomic E-state index is 0.0597. The molecule has 0 aliphatic heterocycles. The van der Waals surface area contributed by atoms with E-state index >= 15 is 0 Å². The zero-order valence-corrected chi connectivity index (χ0v) is 14.1. The Morgan fingerprint density at radius 1 is 1.43 bits per heavy atom. The number of benzene rings is 1. The molecule has 0 bridgehead atoms. The topological polar surface area (TPSA) is 57.0 Å². The normalized spacial score (nSPS) is 11.0. The summed E-state index contributed by atoms with van der Waals surface area (Å²) in [5, 5.41) is 5.11. The van der Waals surface area contributed by atoms with Gasteiger partial charge in [0.2, 0.25) is 0 Å². The van der Waals surface area contributed by atoms with Crippen molar-refractivity contribution in [3.8, 4) is 11.1 Å². The zero-order chi connectivity index (χ0) is 16.6. The molecule has 3 rings (SSSR count). The Kier molecular flexibility index (Phi) is 4.12. The molecule has 0 N–H and O–H groups in total. The molecule has 23 heavy (non-hydrogen) atoms. The Morgan fingerprint density at radius 3 is 2.83 bits per heavy atom. The maximum absolute atomic E-state index is 14.7. The number of hydrogen-bond acceptors (Lipinski definition) is 4. The first-order valence-corrected chi connectivity index (χ1v) is 7.92. The highest BCUT2D eigenvalue weighted by Gasteiger charge is 2.18. The first-order chi connectivity index (χ1) is 11.0. The Labute approximate surface area is 140 Å². The molecule has 0 aliphatic carbocycles. The van der Waals surface area contributed by atoms with E-state index in [-0.39, 0.29) is 11.2 Å². The van der Waals surface area contributed by atoms with Crippen molar-refractivity contribution in [3.05, 3.63) is 47.7 Å². The number of fused-ring (bicyclic) bond motifs is 1. The van der Waals surface area contributed by atoms with Gasteiger partial charge in [-0.25, -0.2) is 14.2 Å². The number of carbonyl (C=O) groups excluding carboxylic acids is 1. The van der Waals surface area contributed by atoms with Crippen LogP contribution in [-0.4, -0.2) is 27.8 Å². The summed E-state index contributed by atoms with van der Waals surface area (Å²) in [6, 6.07) is 5.09. The number of esters is 1. The molecule has 0 fully saturated rings. The summed E-state index contributed by atoms with van der Waals surface area (Å²) in [6.45, 7) is 0. The van der Waals surface area contributed by atoms with Crippen LogP contribution >= 0.6 is 15.9 Å². The number of halogens is 2. The SMILES string of the molecule is COC(=O)c1cc(-c2cnn(C)c2)c2ccc(CBr)c(F)c2n1. The van der Waals surface area contributed by atoms with Crippen molar-refractivity contribution in [3.63, 3.8) is 0 Å². The van der Waals surface area contributed by atoms with Crippen molar-refractivity contribution in [2.75, 3.05) is 7.11 Å². The lowest BCUT2D eigenvalue weighted by molar-refractivity contribution is 0.0594. The van der Waals surface area contributed by atoms with Gasteiger partial charge in [0, 0.05) is 35.1 Å². The average molecular weight is 378 g/mol. The molecule has 0 amide bonds. The fourth-order valence-electron chi connectivity index (χ4n) is 2.41. The van der Waals surface area contributed by atoms with Crippen molar-refractivity contribution >= 4 is 32.8 Å². The van der Waals surface area contributed by atoms with Crippen molar-refractivity contribution < 1.29 is 13.9 Å². The van der Waals surface area contributed by atoms with Gasteiger partial charge >= 0.3 is 5.97 Å². The summed E-state index contributed by atoms with van der Waals surface area (Å²) in [5.41, 5.74) is 2.14. The molecule has 0 saturated heterocycles. The van der Waals surface area contributed by atoms with E-state index in [0.717, 1.165) is 5.56 Å². The quantitative estimate of drug-likeness (QED) is 0.518. The number of carbonyl (C=O) groups is 1. The Bertz CT molecular complexity index is 908. The maximum atomic E-state index is 14.7. The van der Waals surface area contributed by atoms with Gasteiger partial charge in [0.1, 0.15) is 11.2 Å². The largest absolute Gasteiger partial charge is 0.464 e. The van der Waals surface area contributed by atoms with Gasteiger partial charge in [0.15, 0.2) is 5.82 Å². The number of methoxy groups -OCH3 is 1. The van der Waals surface area contributed by atoms with E-state index in [4.69, 9.17) is 4.74 Å². The van der Waals surface area contributed by atoms with Gasteiger partial charge in [-0.2, -0.15) is 5.10 Å². The van der Waals surface area contributed by atoms with E-state index in [9.17, 15) is 9.18 Å². The van der Waals surface area contributed by atoms with Crippen LogP contribution in [0.1, 0.15) is 16.1 Å². The Hall–Kier alpha value is -2.28. The number of pyridine rings is 1. The van der Waals surface area contributed by atoms with E-state index in [1.807, 2.05) is 0 Å². The highest BCUT2D eigenvalue weighted by atomic mass is 79.9. The summed E-state index contributed by atoms with van der Waals surface area (Å²) >= 11 is 3.25. The summed E-state index contributed by atoms with van der Waals surface area (Å²) < 4.78 is 21.0. The third kappa shape index (κ3) is 2.72. The lowest BCUT2D eigenvalue weighted by atomic mass is 10.0. The second-order valence-corrected chi connectivity index (χ2v) is 5.58. The number of hydrogen-bond donors (Lipinski definition) is 0. The predicted molar refractivity (Wildman–Crippen MR) is 87.9 cm³/mol. The third-order valence-electron chi connectivity index (χ3n) is 3.55. The van der Waals surface area contributed by atoms with E-state index in [1.54, 1.807) is 42.3 Å². The van der Waals surface area contributed by atoms with E-state index in [2.05, 4.69) is 26.0 Å². The summed E-state index contributed by atoms with van der Waals surface area (Å²) in [4.78, 5) is 16.0. The highest BCUT2D eigenvalue weighted by Crippen LogP contribution is 2.31. The molecule has 0 atom stereocenters. The monoisotopic (exact) mass is 377 g/mol. The van der Waals surface area contributed by atoms with Crippen LogP contribution in [0.3, 0.4) is 0 Å². The van der Waals surface area contributed by atoms with Crippen LogP contribution in [-0.2, 0) is 17.1 Å². The van der Waals surface area contributed by atoms with Crippen molar-refractivity contribution in [1.82, 2.24) is 14.8 Å². The van der Waals surface area contributed by atoms with Crippen molar-refractivity contribution in [1.29, 1.82) is 0 Å². The lowest BCUT2D eigenvalue weighted by Gasteiger charge is -2.10. The number of rotatable bonds is 3. The van der Waals surface area contributed by atoms with Gasteiger partial charge in [-0.3, -0.25) is 4.68 Å². The minimum atomic E-state index is -0.610. The van der Waals surface area contributed by atoms with Gasteiger partial charge in [-0.15, -0.1) is 0 Å². The first-order valence-electron chi connectivity index (χ1n) is 6.80. The summed E-state index contributed by atoms with van der Waals surface area (Å²) in [6.07, 6.45) is 3.46. The average Bonchev–Trinajstić information content (AvgIpc) is 3.00. The number of nitrogens with zero attached hydrogens (tertiary/aromatic N) is 3. The maximum Gasteiger partial charge on any atom is 0.356 e. The summed E-state index contributed by atoms with van der Waals surface area (Å²) in [7, 11) is 3.06. The Morgan fingerprint density at radius 2 is 2.22 bits per heavy atom. The van der Waals surface area contributed by atoms with E-state index in [1.165, 1.54) is 7.11 Å². The second kappa shape index (κ2) is 6.08. The van der Waals surface area contributed by atoms with Crippen molar-refractivity contribution in [2.24, 2.45) is 7.05 Å². The van der Waals surface area contributed by atoms with Gasteiger partial charge < -0.3 is 4.74 Å². The molecule has 3 aromatic rings. The van der Waals surface area contributed by atoms with Crippen LogP contribution in [0.5, 0.6) is 0 Å². The predicted octanol–water partition coefficient (Wildman–Crippen LogP) is 3.46. The number of aromatic nitrogens is 3. The van der Waals surface area contributed by atoms with Crippen LogP contribution in [0, 0.1) is 5.82 Å². The second-order valence-electron chi connectivity index (χ2n) is 5.02. The van der Waals surface area contributed by atoms with Gasteiger partial charge in [-0.1, -0.05) is 28.1 Å². The molecule has 7 heteroatoms. The molecule has 118 valence electrons. The lowest BCUT2D eigenvalue weighted by Crippen LogP contribution is -2.06. The fraction of sp³-hybridized carbons (Fsp3) is 0.188. The molecule has 1 aromatic carbocycles. The van der Waals surface area contributed by atoms with Gasteiger partial charge in [0.25, 0.3) is 0 Å². The molecule has 0 spiro atoms. The number of ether oxygens (including phenoxy) is 1. The van der Waals surface area contributed by atoms with E-state index < -0.39 is 11.8 Å². The molecular formula is C16H13BrFN3O2. The molecule has 0 aliphatic rings. The standard InChI is InChI=1S/C16H13BrFN3O2/c1-21-8-10(7-19-21)12-5-13(16(22)23-2)20-15-11(12)4-3-9(6-17)14(15)18/h3-5,7-8H,6H2,1-2H3.